The van der Waals surface area contributed by atoms with Gasteiger partial charge in [-0.1, -0.05) is 0 Å². The van der Waals surface area contributed by atoms with Gasteiger partial charge in [0.25, 0.3) is 0 Å². The molecule has 65 heavy (non-hydrogen) atoms. The van der Waals surface area contributed by atoms with E-state index in [9.17, 15) is 91.6 Å². The number of nitrogens with two attached hydrogens (primary N) is 1. The van der Waals surface area contributed by atoms with Gasteiger partial charge in [0.05, 0.1) is 13.2 Å². The van der Waals surface area contributed by atoms with Crippen LogP contribution >= 0.6 is 0 Å². The van der Waals surface area contributed by atoms with Crippen molar-refractivity contribution >= 4 is 5.91 Å². The summed E-state index contributed by atoms with van der Waals surface area (Å²) in [5.41, 5.74) is 5.46. The van der Waals surface area contributed by atoms with Gasteiger partial charge in [-0.3, -0.25) is 4.79 Å². The minimum atomic E-state index is -2.75. The third-order valence-electron chi connectivity index (χ3n) is 9.88. The Hall–Kier alpha value is -3.31. The molecular weight excluding hydrogens is 888 g/mol. The Bertz CT molecular complexity index is 1500. The summed E-state index contributed by atoms with van der Waals surface area (Å²) in [6.45, 7) is -2.86. The van der Waals surface area contributed by atoms with Crippen LogP contribution < -0.4 is 11.1 Å². The molecule has 0 aliphatic carbocycles. The molecule has 2 rings (SSSR count). The number of nitrogens with one attached hydrogen (secondary N) is 1. The first-order valence-electron chi connectivity index (χ1n) is 20.4. The van der Waals surface area contributed by atoms with Crippen molar-refractivity contribution in [3.8, 4) is 0 Å². The molecule has 1 amide bonds. The molecule has 16 unspecified atom stereocenters. The minimum Gasteiger partial charge on any atom is -0.506 e. The van der Waals surface area contributed by atoms with E-state index in [4.69, 9.17) is 44.0 Å². The second-order valence-electron chi connectivity index (χ2n) is 14.7. The third kappa shape index (κ3) is 16.5. The zero-order valence-corrected chi connectivity index (χ0v) is 35.3. The molecule has 380 valence electrons. The fraction of sp³-hybridized carbons (Fsp3) is 0.811. The van der Waals surface area contributed by atoms with Gasteiger partial charge in [0, 0.05) is 52.6 Å². The van der Waals surface area contributed by atoms with E-state index in [1.165, 1.54) is 0 Å². The SMILES string of the molecule is CC(=O)NC1C(O/C(=C(/O)C(O)OC(CCO)/C(O)=C(\O)C(O)OC2C(CO)OC(OCCCCCN)C(O)C2O)C(O)CCO)OC(CO)C(O)C1OC(O)/C(O)=C(\O)C(O)CCO. The van der Waals surface area contributed by atoms with Crippen LogP contribution in [0.25, 0.3) is 0 Å². The first-order chi connectivity index (χ1) is 30.7. The summed E-state index contributed by atoms with van der Waals surface area (Å²) >= 11 is 0. The van der Waals surface area contributed by atoms with Crippen LogP contribution in [-0.4, -0.2) is 243 Å². The molecule has 2 saturated heterocycles. The van der Waals surface area contributed by atoms with Gasteiger partial charge in [0.15, 0.2) is 40.8 Å². The lowest BCUT2D eigenvalue weighted by Crippen LogP contribution is -2.66. The predicted octanol–water partition coefficient (Wildman–Crippen LogP) is -6.43. The summed E-state index contributed by atoms with van der Waals surface area (Å²) in [5.74, 6) is -9.09. The Morgan fingerprint density at radius 2 is 1.18 bits per heavy atom. The number of hydrogen-bond donors (Lipinski definition) is 20. The Morgan fingerprint density at radius 1 is 0.631 bits per heavy atom. The molecule has 0 bridgehead atoms. The van der Waals surface area contributed by atoms with Gasteiger partial charge in [-0.2, -0.15) is 0 Å². The third-order valence-corrected chi connectivity index (χ3v) is 9.88. The molecule has 0 aromatic carbocycles. The number of rotatable bonds is 29. The maximum absolute atomic E-state index is 12.3. The van der Waals surface area contributed by atoms with E-state index in [0.717, 1.165) is 6.92 Å². The van der Waals surface area contributed by atoms with Crippen molar-refractivity contribution in [2.45, 2.75) is 144 Å². The van der Waals surface area contributed by atoms with Crippen LogP contribution in [0.5, 0.6) is 0 Å². The average Bonchev–Trinajstić information content (AvgIpc) is 3.27. The van der Waals surface area contributed by atoms with Crippen molar-refractivity contribution < 1.29 is 130 Å². The van der Waals surface area contributed by atoms with E-state index < -0.39 is 191 Å². The second kappa shape index (κ2) is 28.8. The fourth-order valence-electron chi connectivity index (χ4n) is 6.39. The van der Waals surface area contributed by atoms with Gasteiger partial charge in [-0.25, -0.2) is 0 Å². The Labute approximate surface area is 371 Å². The van der Waals surface area contributed by atoms with Crippen LogP contribution in [0, 0.1) is 0 Å². The summed E-state index contributed by atoms with van der Waals surface area (Å²) in [4.78, 5) is 12.3. The van der Waals surface area contributed by atoms with Crippen molar-refractivity contribution in [2.24, 2.45) is 5.73 Å². The monoisotopic (exact) mass is 954 g/mol. The van der Waals surface area contributed by atoms with Crippen LogP contribution in [-0.2, 0) is 38.0 Å². The number of unbranched alkanes of at least 4 members (excludes halogenated alkanes) is 2. The molecule has 0 radical (unpaired) electrons. The lowest BCUT2D eigenvalue weighted by atomic mass is 9.96. The number of ether oxygens (including phenoxy) is 7. The molecule has 0 saturated carbocycles. The van der Waals surface area contributed by atoms with Gasteiger partial charge in [-0.15, -0.1) is 0 Å². The molecule has 0 aromatic rings. The fourth-order valence-corrected chi connectivity index (χ4v) is 6.39. The highest BCUT2D eigenvalue weighted by Gasteiger charge is 2.50. The molecule has 16 atom stereocenters. The topological polar surface area (TPSA) is 484 Å². The summed E-state index contributed by atoms with van der Waals surface area (Å²) in [6.07, 6.45) is -30.5. The molecule has 28 heteroatoms. The Balaban J connectivity index is 2.46. The van der Waals surface area contributed by atoms with Crippen LogP contribution in [0.3, 0.4) is 0 Å². The van der Waals surface area contributed by atoms with E-state index in [1.807, 2.05) is 0 Å². The maximum Gasteiger partial charge on any atom is 0.223 e. The second-order valence-corrected chi connectivity index (χ2v) is 14.7. The van der Waals surface area contributed by atoms with Gasteiger partial charge < -0.3 is 136 Å². The van der Waals surface area contributed by atoms with Gasteiger partial charge >= 0.3 is 0 Å². The van der Waals surface area contributed by atoms with Crippen LogP contribution in [0.15, 0.2) is 34.6 Å². The number of aliphatic hydroxyl groups is 18. The highest BCUT2D eigenvalue weighted by Crippen LogP contribution is 2.32. The first-order valence-corrected chi connectivity index (χ1v) is 20.4. The lowest BCUT2D eigenvalue weighted by Gasteiger charge is -2.45. The van der Waals surface area contributed by atoms with Gasteiger partial charge in [-0.05, 0) is 25.8 Å². The number of amides is 1. The highest BCUT2D eigenvalue weighted by molar-refractivity contribution is 5.73. The minimum absolute atomic E-state index is 0.0768. The number of carbonyl (C=O) groups excluding carboxylic acids is 1. The summed E-state index contributed by atoms with van der Waals surface area (Å²) in [6, 6.07) is -1.88. The van der Waals surface area contributed by atoms with Crippen molar-refractivity contribution in [3.05, 3.63) is 34.6 Å². The smallest absolute Gasteiger partial charge is 0.223 e. The Kier molecular flexibility index (Phi) is 25.6. The normalized spacial score (nSPS) is 30.2. The van der Waals surface area contributed by atoms with Crippen LogP contribution in [0.1, 0.15) is 45.4 Å². The summed E-state index contributed by atoms with van der Waals surface area (Å²) in [7, 11) is 0. The van der Waals surface area contributed by atoms with Gasteiger partial charge in [0.1, 0.15) is 67.1 Å². The molecule has 0 spiro atoms. The van der Waals surface area contributed by atoms with Gasteiger partial charge in [0.2, 0.25) is 31.1 Å². The highest BCUT2D eigenvalue weighted by atomic mass is 16.7. The van der Waals surface area contributed by atoms with E-state index in [0.29, 0.717) is 25.8 Å². The molecular formula is C37H66N2O26. The van der Waals surface area contributed by atoms with Crippen LogP contribution in [0.2, 0.25) is 0 Å². The summed E-state index contributed by atoms with van der Waals surface area (Å²) < 4.78 is 37.8. The van der Waals surface area contributed by atoms with Crippen molar-refractivity contribution in [2.75, 3.05) is 46.2 Å². The molecule has 21 N–H and O–H groups in total. The molecule has 2 aliphatic rings. The average molecular weight is 955 g/mol. The number of carbonyl (C=O) groups is 1. The van der Waals surface area contributed by atoms with E-state index in [-0.39, 0.29) is 6.61 Å². The lowest BCUT2D eigenvalue weighted by molar-refractivity contribution is -0.322. The van der Waals surface area contributed by atoms with Crippen molar-refractivity contribution in [1.29, 1.82) is 0 Å². The van der Waals surface area contributed by atoms with Crippen molar-refractivity contribution in [3.63, 3.8) is 0 Å². The number of hydrogen-bond acceptors (Lipinski definition) is 27. The largest absolute Gasteiger partial charge is 0.506 e. The Morgan fingerprint density at radius 3 is 1.74 bits per heavy atom. The summed E-state index contributed by atoms with van der Waals surface area (Å²) in [5, 5.41) is 189. The quantitative estimate of drug-likeness (QED) is 0.0188. The molecule has 2 aliphatic heterocycles. The zero-order valence-electron chi connectivity index (χ0n) is 35.3. The van der Waals surface area contributed by atoms with E-state index >= 15 is 0 Å². The molecule has 2 fully saturated rings. The predicted molar refractivity (Wildman–Crippen MR) is 211 cm³/mol. The molecule has 28 nitrogen and oxygen atoms in total. The standard InChI is InChI=1S/C37H66N2O26/c1-15(45)39-21-32(64-33(56)26(52)22(48)16(46)5-9-40)24(50)19(13-43)61-36(21)65-30(17(47)6-10-41)29(55)35(58)60-18(7-11-42)23(49)27(53)34(57)63-31-20(14-44)62-37(28(54)25(31)51)59-12-4-2-3-8-38/h16-21,24-25,28,31-37,40-44,46-58H,2-14,38H2,1H3,(H,39,45)/b26-22+,27-23+,30-29+. The van der Waals surface area contributed by atoms with E-state index in [2.05, 4.69) is 5.32 Å². The molecule has 0 aromatic heterocycles. The maximum atomic E-state index is 12.3. The van der Waals surface area contributed by atoms with Crippen molar-refractivity contribution in [1.82, 2.24) is 5.32 Å². The zero-order chi connectivity index (χ0) is 49.1. The van der Waals surface area contributed by atoms with E-state index in [1.54, 1.807) is 0 Å². The first kappa shape index (κ1) is 57.8. The molecule has 2 heterocycles. The number of aliphatic hydroxyl groups excluding tert-OH is 18. The van der Waals surface area contributed by atoms with Crippen LogP contribution in [0.4, 0.5) is 0 Å².